The van der Waals surface area contributed by atoms with Crippen LogP contribution in [0.3, 0.4) is 0 Å². The van der Waals surface area contributed by atoms with Gasteiger partial charge in [0.2, 0.25) is 0 Å². The minimum atomic E-state index is -0.980. The van der Waals surface area contributed by atoms with Gasteiger partial charge in [-0.15, -0.1) is 0 Å². The number of rotatable bonds is 4. The van der Waals surface area contributed by atoms with Crippen molar-refractivity contribution >= 4 is 22.6 Å². The molecule has 1 aromatic heterocycles. The zero-order valence-electron chi connectivity index (χ0n) is 14.3. The molecule has 132 valence electrons. The molecule has 3 rings (SSSR count). The number of ether oxygens (including phenoxy) is 1. The number of aryl methyl sites for hydroxylation is 1. The number of amides is 1. The summed E-state index contributed by atoms with van der Waals surface area (Å²) in [5, 5.41) is 7.52. The average Bonchev–Trinajstić information content (AvgIpc) is 2.68. The van der Waals surface area contributed by atoms with Gasteiger partial charge in [0.25, 0.3) is 11.5 Å². The zero-order chi connectivity index (χ0) is 18.7. The summed E-state index contributed by atoms with van der Waals surface area (Å²) in [5.74, 6) is -1.17. The highest BCUT2D eigenvalue weighted by Crippen LogP contribution is 2.17. The van der Waals surface area contributed by atoms with Gasteiger partial charge in [-0.05, 0) is 11.6 Å². The maximum absolute atomic E-state index is 12.8. The molecular formula is C19H17N3O4. The molecule has 0 spiro atoms. The molecule has 0 saturated carbocycles. The summed E-state index contributed by atoms with van der Waals surface area (Å²) in [4.78, 5) is 37.2. The molecule has 0 fully saturated rings. The van der Waals surface area contributed by atoms with Crippen LogP contribution in [-0.4, -0.2) is 28.8 Å². The van der Waals surface area contributed by atoms with E-state index >= 15 is 0 Å². The molecule has 7 heteroatoms. The first-order valence-corrected chi connectivity index (χ1v) is 7.92. The monoisotopic (exact) mass is 351 g/mol. The number of esters is 1. The topological polar surface area (TPSA) is 90.3 Å². The molecule has 2 aromatic carbocycles. The van der Waals surface area contributed by atoms with Crippen LogP contribution in [0, 0.1) is 0 Å². The largest absolute Gasteiger partial charge is 0.467 e. The van der Waals surface area contributed by atoms with Crippen molar-refractivity contribution in [1.82, 2.24) is 15.1 Å². The van der Waals surface area contributed by atoms with Crippen LogP contribution in [0.15, 0.2) is 59.4 Å². The van der Waals surface area contributed by atoms with Gasteiger partial charge >= 0.3 is 5.97 Å². The summed E-state index contributed by atoms with van der Waals surface area (Å²) >= 11 is 0. The van der Waals surface area contributed by atoms with Crippen LogP contribution in [-0.2, 0) is 16.6 Å². The number of carbonyl (C=O) groups excluding carboxylic acids is 2. The van der Waals surface area contributed by atoms with Crippen molar-refractivity contribution in [2.45, 2.75) is 6.04 Å². The minimum absolute atomic E-state index is 0.0625. The fraction of sp³-hybridized carbons (Fsp3) is 0.158. The third-order valence-electron chi connectivity index (χ3n) is 4.02. The van der Waals surface area contributed by atoms with Crippen LogP contribution in [0.25, 0.3) is 10.8 Å². The molecule has 1 unspecified atom stereocenters. The fourth-order valence-corrected chi connectivity index (χ4v) is 2.71. The van der Waals surface area contributed by atoms with Crippen molar-refractivity contribution in [2.24, 2.45) is 7.05 Å². The number of hydrogen-bond acceptors (Lipinski definition) is 5. The standard InChI is InChI=1S/C19H17N3O4/c1-22-18(24)14-11-7-6-10-13(14)16(21-22)17(23)20-15(19(25)26-2)12-8-4-3-5-9-12/h3-11,15H,1-2H3,(H,20,23). The van der Waals surface area contributed by atoms with E-state index in [1.54, 1.807) is 48.5 Å². The van der Waals surface area contributed by atoms with E-state index in [1.807, 2.05) is 6.07 Å². The van der Waals surface area contributed by atoms with Crippen molar-refractivity contribution < 1.29 is 14.3 Å². The quantitative estimate of drug-likeness (QED) is 0.721. The third-order valence-corrected chi connectivity index (χ3v) is 4.02. The van der Waals surface area contributed by atoms with Crippen LogP contribution >= 0.6 is 0 Å². The first-order chi connectivity index (χ1) is 12.5. The van der Waals surface area contributed by atoms with Crippen molar-refractivity contribution in [3.05, 3.63) is 76.2 Å². The van der Waals surface area contributed by atoms with Gasteiger partial charge in [0.1, 0.15) is 0 Å². The summed E-state index contributed by atoms with van der Waals surface area (Å²) in [6.07, 6.45) is 0. The molecule has 1 atom stereocenters. The smallest absolute Gasteiger partial charge is 0.333 e. The highest BCUT2D eigenvalue weighted by atomic mass is 16.5. The molecule has 0 bridgehead atoms. The molecule has 0 aliphatic carbocycles. The molecule has 3 aromatic rings. The van der Waals surface area contributed by atoms with E-state index in [9.17, 15) is 14.4 Å². The Bertz CT molecular complexity index is 1030. The molecule has 7 nitrogen and oxygen atoms in total. The summed E-state index contributed by atoms with van der Waals surface area (Å²) in [7, 11) is 2.73. The van der Waals surface area contributed by atoms with Crippen molar-refractivity contribution in [2.75, 3.05) is 7.11 Å². The van der Waals surface area contributed by atoms with Gasteiger partial charge in [0.15, 0.2) is 11.7 Å². The highest BCUT2D eigenvalue weighted by molar-refractivity contribution is 6.05. The van der Waals surface area contributed by atoms with Crippen molar-refractivity contribution in [3.63, 3.8) is 0 Å². The normalized spacial score (nSPS) is 11.8. The second-order valence-corrected chi connectivity index (χ2v) is 5.66. The van der Waals surface area contributed by atoms with Crippen molar-refractivity contribution in [3.8, 4) is 0 Å². The van der Waals surface area contributed by atoms with E-state index < -0.39 is 17.9 Å². The van der Waals surface area contributed by atoms with Gasteiger partial charge in [-0.1, -0.05) is 48.5 Å². The number of nitrogens with zero attached hydrogens (tertiary/aromatic N) is 2. The van der Waals surface area contributed by atoms with Crippen LogP contribution in [0.5, 0.6) is 0 Å². The fourth-order valence-electron chi connectivity index (χ4n) is 2.71. The summed E-state index contributed by atoms with van der Waals surface area (Å²) in [6, 6.07) is 14.5. The molecule has 0 radical (unpaired) electrons. The van der Waals surface area contributed by atoms with E-state index in [0.717, 1.165) is 4.68 Å². The lowest BCUT2D eigenvalue weighted by molar-refractivity contribution is -0.143. The Labute approximate surface area is 149 Å². The Morgan fingerprint density at radius 1 is 1.04 bits per heavy atom. The first kappa shape index (κ1) is 17.3. The molecule has 1 heterocycles. The molecule has 26 heavy (non-hydrogen) atoms. The Hall–Kier alpha value is -3.48. The predicted octanol–water partition coefficient (Wildman–Crippen LogP) is 1.58. The van der Waals surface area contributed by atoms with Gasteiger partial charge in [-0.3, -0.25) is 9.59 Å². The van der Waals surface area contributed by atoms with Gasteiger partial charge in [0, 0.05) is 12.4 Å². The summed E-state index contributed by atoms with van der Waals surface area (Å²) in [5.41, 5.74) is 0.346. The Balaban J connectivity index is 2.04. The van der Waals surface area contributed by atoms with E-state index in [0.29, 0.717) is 16.3 Å². The van der Waals surface area contributed by atoms with E-state index in [4.69, 9.17) is 4.74 Å². The number of carbonyl (C=O) groups is 2. The Morgan fingerprint density at radius 3 is 2.31 bits per heavy atom. The number of methoxy groups -OCH3 is 1. The number of fused-ring (bicyclic) bond motifs is 1. The minimum Gasteiger partial charge on any atom is -0.467 e. The molecule has 0 aliphatic heterocycles. The Morgan fingerprint density at radius 2 is 1.65 bits per heavy atom. The maximum Gasteiger partial charge on any atom is 0.333 e. The lowest BCUT2D eigenvalue weighted by Gasteiger charge is -2.17. The molecular weight excluding hydrogens is 334 g/mol. The van der Waals surface area contributed by atoms with Gasteiger partial charge in [-0.25, -0.2) is 9.48 Å². The summed E-state index contributed by atoms with van der Waals surface area (Å²) < 4.78 is 5.91. The lowest BCUT2D eigenvalue weighted by atomic mass is 10.1. The SMILES string of the molecule is COC(=O)C(NC(=O)c1nn(C)c(=O)c2ccccc12)c1ccccc1. The average molecular weight is 351 g/mol. The van der Waals surface area contributed by atoms with E-state index in [2.05, 4.69) is 10.4 Å². The van der Waals surface area contributed by atoms with E-state index in [1.165, 1.54) is 14.2 Å². The second kappa shape index (κ2) is 7.18. The van der Waals surface area contributed by atoms with Gasteiger partial charge in [-0.2, -0.15) is 5.10 Å². The number of benzene rings is 2. The van der Waals surface area contributed by atoms with E-state index in [-0.39, 0.29) is 11.3 Å². The predicted molar refractivity (Wildman–Crippen MR) is 95.6 cm³/mol. The number of aromatic nitrogens is 2. The second-order valence-electron chi connectivity index (χ2n) is 5.66. The maximum atomic E-state index is 12.8. The first-order valence-electron chi connectivity index (χ1n) is 7.92. The lowest BCUT2D eigenvalue weighted by Crippen LogP contribution is -2.36. The Kier molecular flexibility index (Phi) is 4.79. The molecule has 0 aliphatic rings. The third kappa shape index (κ3) is 3.19. The van der Waals surface area contributed by atoms with Gasteiger partial charge in [0.05, 0.1) is 12.5 Å². The van der Waals surface area contributed by atoms with Gasteiger partial charge < -0.3 is 10.1 Å². The molecule has 1 N–H and O–H groups in total. The highest BCUT2D eigenvalue weighted by Gasteiger charge is 2.26. The van der Waals surface area contributed by atoms with Crippen molar-refractivity contribution in [1.29, 1.82) is 0 Å². The summed E-state index contributed by atoms with van der Waals surface area (Å²) in [6.45, 7) is 0. The molecule has 0 saturated heterocycles. The zero-order valence-corrected chi connectivity index (χ0v) is 14.3. The van der Waals surface area contributed by atoms with Crippen LogP contribution < -0.4 is 10.9 Å². The van der Waals surface area contributed by atoms with Crippen LogP contribution in [0.1, 0.15) is 22.1 Å². The molecule has 1 amide bonds. The van der Waals surface area contributed by atoms with Crippen LogP contribution in [0.4, 0.5) is 0 Å². The number of nitrogens with one attached hydrogen (secondary N) is 1. The van der Waals surface area contributed by atoms with Crippen LogP contribution in [0.2, 0.25) is 0 Å². The number of hydrogen-bond donors (Lipinski definition) is 1.